The average molecular weight is 1690 g/mol. The first kappa shape index (κ1) is 81.4. The third-order valence-corrected chi connectivity index (χ3v) is 15.0. The summed E-state index contributed by atoms with van der Waals surface area (Å²) in [5.41, 5.74) is 12.6. The lowest BCUT2D eigenvalue weighted by Crippen LogP contribution is -3.00. The van der Waals surface area contributed by atoms with Gasteiger partial charge in [0, 0.05) is 189 Å². The van der Waals surface area contributed by atoms with Crippen LogP contribution in [-0.2, 0) is 26.2 Å². The third-order valence-electron chi connectivity index (χ3n) is 12.7. The molecule has 0 aliphatic rings. The van der Waals surface area contributed by atoms with E-state index in [-0.39, 0.29) is 67.9 Å². The molecule has 4 nitrogen and oxygen atoms in total. The highest BCUT2D eigenvalue weighted by atomic mass is 79.9. The summed E-state index contributed by atoms with van der Waals surface area (Å²) >= 11 is 13.9. The minimum Gasteiger partial charge on any atom is -1.00 e. The molecular formula is C76H80Br8N4. The van der Waals surface area contributed by atoms with Crippen LogP contribution >= 0.6 is 63.7 Å². The number of nitrogens with zero attached hydrogens (tertiary/aromatic N) is 4. The van der Waals surface area contributed by atoms with E-state index in [2.05, 4.69) is 327 Å². The van der Waals surface area contributed by atoms with Crippen LogP contribution in [0.25, 0.3) is 0 Å². The van der Waals surface area contributed by atoms with Crippen molar-refractivity contribution in [3.05, 3.63) is 189 Å². The van der Waals surface area contributed by atoms with E-state index in [9.17, 15) is 0 Å². The number of aromatic nitrogens is 4. The molecule has 0 atom stereocenters. The van der Waals surface area contributed by atoms with Crippen LogP contribution in [0.1, 0.15) is 169 Å². The Hall–Kier alpha value is -4.64. The summed E-state index contributed by atoms with van der Waals surface area (Å²) in [6, 6.07) is 25.3. The lowest BCUT2D eigenvalue weighted by Gasteiger charge is -2.04. The van der Waals surface area contributed by atoms with Crippen molar-refractivity contribution in [1.82, 2.24) is 0 Å². The first-order chi connectivity index (χ1) is 41.2. The van der Waals surface area contributed by atoms with Crippen LogP contribution in [0.15, 0.2) is 122 Å². The zero-order valence-electron chi connectivity index (χ0n) is 51.3. The summed E-state index contributed by atoms with van der Waals surface area (Å²) < 4.78 is 8.95. The first-order valence-electron chi connectivity index (χ1n) is 29.5. The maximum atomic E-state index is 3.49. The standard InChI is InChI=1S/C50H54N4.C26H26Br4.4BrH/c1-43-21-17-33-51(39-43)29-13-5-9-25-47-37-49(27-11-7-15-31-53-35-19-23-45(3)41-53)50(28-12-8-16-32-54-36-20-24-46(4)42-54)38-48(47)26-10-6-14-30-52-34-18-22-44(2)40-52;27-17-9-1-5-13-23-21-25(15-7-3-11-19-29)26(16-8-4-12-20-30)22-24(23)14-6-2-10-18-28;;;;/h17-24,33-42H,5-8,13-16,29-32H2,1-4H3;21-22H,1-4,9-12,17-20H2;4*1H/q+4;;;;;/p-4. The van der Waals surface area contributed by atoms with Gasteiger partial charge in [-0.15, -0.1) is 0 Å². The minimum atomic E-state index is 0. The van der Waals surface area contributed by atoms with Crippen LogP contribution in [0.3, 0.4) is 0 Å². The zero-order valence-corrected chi connectivity index (χ0v) is 64.0. The SMILES string of the molecule is BrCCCC#Cc1cc(C#CCCCBr)c(C#CCCCBr)cc1C#CCCCBr.Cc1ccc[n+](CCCC#Cc2cc(C#CCCC[n+]3cccc(C)c3)c(C#CCCC[n+]3cccc(C)c3)cc2C#CCCC[n+]2cccc(C)c2)c1.[Br-].[Br-].[Br-].[Br-]. The van der Waals surface area contributed by atoms with Crippen molar-refractivity contribution in [2.24, 2.45) is 0 Å². The van der Waals surface area contributed by atoms with Gasteiger partial charge in [0.25, 0.3) is 0 Å². The van der Waals surface area contributed by atoms with Crippen molar-refractivity contribution >= 4 is 63.7 Å². The zero-order chi connectivity index (χ0) is 59.7. The number of hydrogen-bond acceptors (Lipinski definition) is 0. The minimum absolute atomic E-state index is 0. The molecule has 6 aromatic rings. The van der Waals surface area contributed by atoms with Gasteiger partial charge in [-0.3, -0.25) is 0 Å². The fourth-order valence-corrected chi connectivity index (χ4v) is 9.60. The van der Waals surface area contributed by atoms with Gasteiger partial charge in [0.1, 0.15) is 26.2 Å². The van der Waals surface area contributed by atoms with Gasteiger partial charge in [0.2, 0.25) is 0 Å². The number of benzene rings is 2. The van der Waals surface area contributed by atoms with E-state index in [1.165, 1.54) is 22.3 Å². The molecule has 0 fully saturated rings. The highest BCUT2D eigenvalue weighted by Crippen LogP contribution is 2.18. The van der Waals surface area contributed by atoms with Crippen molar-refractivity contribution in [3.8, 4) is 94.7 Å². The number of alkyl halides is 4. The molecule has 6 rings (SSSR count). The van der Waals surface area contributed by atoms with Crippen LogP contribution in [-0.4, -0.2) is 21.3 Å². The van der Waals surface area contributed by atoms with Crippen LogP contribution in [0, 0.1) is 122 Å². The number of halogens is 8. The van der Waals surface area contributed by atoms with E-state index in [0.717, 1.165) is 195 Å². The second-order valence-electron chi connectivity index (χ2n) is 20.4. The Bertz CT molecular complexity index is 3140. The van der Waals surface area contributed by atoms with Gasteiger partial charge in [-0.25, -0.2) is 18.3 Å². The maximum Gasteiger partial charge on any atom is 0.171 e. The maximum absolute atomic E-state index is 3.49. The molecule has 0 amide bonds. The van der Waals surface area contributed by atoms with Crippen LogP contribution in [0.4, 0.5) is 0 Å². The second kappa shape index (κ2) is 51.0. The molecule has 0 aliphatic carbocycles. The van der Waals surface area contributed by atoms with Crippen molar-refractivity contribution in [2.45, 2.75) is 157 Å². The average Bonchev–Trinajstić information content (AvgIpc) is 2.71. The fourth-order valence-electron chi connectivity index (χ4n) is 8.48. The van der Waals surface area contributed by atoms with Gasteiger partial charge in [0.05, 0.1) is 0 Å². The molecule has 0 saturated heterocycles. The molecule has 4 heterocycles. The summed E-state index contributed by atoms with van der Waals surface area (Å²) in [6.45, 7) is 12.3. The molecule has 0 radical (unpaired) electrons. The number of pyridine rings is 4. The van der Waals surface area contributed by atoms with Gasteiger partial charge >= 0.3 is 0 Å². The van der Waals surface area contributed by atoms with E-state index in [0.29, 0.717) is 0 Å². The molecule has 0 bridgehead atoms. The van der Waals surface area contributed by atoms with Crippen molar-refractivity contribution in [3.63, 3.8) is 0 Å². The third kappa shape index (κ3) is 34.5. The van der Waals surface area contributed by atoms with Crippen molar-refractivity contribution in [1.29, 1.82) is 0 Å². The highest BCUT2D eigenvalue weighted by molar-refractivity contribution is 9.09. The smallest absolute Gasteiger partial charge is 0.171 e. The predicted molar refractivity (Wildman–Crippen MR) is 362 cm³/mol. The molecule has 0 unspecified atom stereocenters. The molecule has 12 heteroatoms. The van der Waals surface area contributed by atoms with E-state index < -0.39 is 0 Å². The van der Waals surface area contributed by atoms with Crippen LogP contribution in [0.2, 0.25) is 0 Å². The Morgan fingerprint density at radius 1 is 0.273 bits per heavy atom. The summed E-state index contributed by atoms with van der Waals surface area (Å²) in [4.78, 5) is 0. The largest absolute Gasteiger partial charge is 1.00 e. The van der Waals surface area contributed by atoms with E-state index in [1.807, 2.05) is 0 Å². The molecule has 0 spiro atoms. The second-order valence-corrected chi connectivity index (χ2v) is 23.5. The van der Waals surface area contributed by atoms with Gasteiger partial charge in [-0.05, 0) is 102 Å². The number of aryl methyl sites for hydroxylation is 8. The molecule has 0 aliphatic heterocycles. The van der Waals surface area contributed by atoms with Gasteiger partial charge in [0.15, 0.2) is 49.6 Å². The van der Waals surface area contributed by atoms with Gasteiger partial charge in [-0.2, -0.15) is 0 Å². The van der Waals surface area contributed by atoms with Crippen LogP contribution < -0.4 is 86.2 Å². The van der Waals surface area contributed by atoms with E-state index in [4.69, 9.17) is 0 Å². The summed E-state index contributed by atoms with van der Waals surface area (Å²) in [5.74, 6) is 54.2. The summed E-state index contributed by atoms with van der Waals surface area (Å²) in [5, 5.41) is 3.87. The first-order valence-corrected chi connectivity index (χ1v) is 34.0. The monoisotopic (exact) mass is 1680 g/mol. The fraction of sp³-hybridized carbons (Fsp3) is 0.368. The molecular weight excluding hydrogens is 1610 g/mol. The van der Waals surface area contributed by atoms with E-state index >= 15 is 0 Å². The molecule has 2 aromatic carbocycles. The number of unbranched alkanes of at least 4 members (excludes halogenated alkanes) is 8. The molecule has 0 N–H and O–H groups in total. The normalized spacial score (nSPS) is 9.36. The Morgan fingerprint density at radius 2 is 0.443 bits per heavy atom. The lowest BCUT2D eigenvalue weighted by molar-refractivity contribution is -0.697. The topological polar surface area (TPSA) is 15.5 Å². The molecule has 4 aromatic heterocycles. The Balaban J connectivity index is 0.000000978. The van der Waals surface area contributed by atoms with Crippen molar-refractivity contribution in [2.75, 3.05) is 21.3 Å². The van der Waals surface area contributed by atoms with Gasteiger partial charge < -0.3 is 67.9 Å². The van der Waals surface area contributed by atoms with Gasteiger partial charge in [-0.1, -0.05) is 158 Å². The number of rotatable bonds is 20. The summed E-state index contributed by atoms with van der Waals surface area (Å²) in [7, 11) is 0. The molecule has 88 heavy (non-hydrogen) atoms. The lowest BCUT2D eigenvalue weighted by atomic mass is 9.98. The summed E-state index contributed by atoms with van der Waals surface area (Å²) in [6.07, 6.45) is 32.0. The predicted octanol–water partition coefficient (Wildman–Crippen LogP) is 3.21. The molecule has 460 valence electrons. The Morgan fingerprint density at radius 3 is 0.602 bits per heavy atom. The quantitative estimate of drug-likeness (QED) is 0.0484. The molecule has 0 saturated carbocycles. The van der Waals surface area contributed by atoms with Crippen molar-refractivity contribution < 1.29 is 86.2 Å². The Labute approximate surface area is 605 Å². The number of hydrogen-bond donors (Lipinski definition) is 0. The Kier molecular flexibility index (Phi) is 47.2. The van der Waals surface area contributed by atoms with Crippen LogP contribution in [0.5, 0.6) is 0 Å². The van der Waals surface area contributed by atoms with E-state index in [1.54, 1.807) is 0 Å². The highest BCUT2D eigenvalue weighted by Gasteiger charge is 2.09.